The van der Waals surface area contributed by atoms with Gasteiger partial charge in [0.05, 0.1) is 23.9 Å². The Morgan fingerprint density at radius 1 is 1.35 bits per heavy atom. The van der Waals surface area contributed by atoms with Crippen LogP contribution in [-0.2, 0) is 13.2 Å². The molecule has 2 heterocycles. The van der Waals surface area contributed by atoms with Gasteiger partial charge in [0, 0.05) is 24.0 Å². The lowest BCUT2D eigenvalue weighted by molar-refractivity contribution is 0.282. The molecule has 2 rings (SSSR count). The zero-order valence-corrected chi connectivity index (χ0v) is 12.4. The molecule has 20 heavy (non-hydrogen) atoms. The second-order valence-electron chi connectivity index (χ2n) is 4.58. The van der Waals surface area contributed by atoms with E-state index in [2.05, 4.69) is 21.8 Å². The third-order valence-electron chi connectivity index (χ3n) is 3.10. The highest BCUT2D eigenvalue weighted by Gasteiger charge is 2.10. The van der Waals surface area contributed by atoms with E-state index in [0.717, 1.165) is 23.8 Å². The van der Waals surface area contributed by atoms with Crippen LogP contribution in [0.2, 0.25) is 5.02 Å². The van der Waals surface area contributed by atoms with E-state index >= 15 is 0 Å². The van der Waals surface area contributed by atoms with Crippen LogP contribution in [-0.4, -0.2) is 21.6 Å². The molecule has 0 unspecified atom stereocenters. The number of halogens is 1. The summed E-state index contributed by atoms with van der Waals surface area (Å²) in [4.78, 5) is 10.9. The Hall–Kier alpha value is -1.65. The van der Waals surface area contributed by atoms with Crippen molar-refractivity contribution >= 4 is 17.4 Å². The molecule has 1 N–H and O–H groups in total. The van der Waals surface area contributed by atoms with Crippen LogP contribution in [0.25, 0.3) is 0 Å². The van der Waals surface area contributed by atoms with Crippen molar-refractivity contribution < 1.29 is 5.11 Å². The third-order valence-corrected chi connectivity index (χ3v) is 3.44. The van der Waals surface area contributed by atoms with Crippen LogP contribution in [0.15, 0.2) is 30.5 Å². The molecule has 0 bridgehead atoms. The SMILES string of the molecule is CCN(Cc1cccc(C)n1)c1cc(CO)c(Cl)cn1. The van der Waals surface area contributed by atoms with Gasteiger partial charge in [0.25, 0.3) is 0 Å². The van der Waals surface area contributed by atoms with Crippen LogP contribution in [0.3, 0.4) is 0 Å². The molecule has 0 saturated heterocycles. The van der Waals surface area contributed by atoms with Gasteiger partial charge >= 0.3 is 0 Å². The summed E-state index contributed by atoms with van der Waals surface area (Å²) < 4.78 is 0. The van der Waals surface area contributed by atoms with Gasteiger partial charge in [-0.1, -0.05) is 17.7 Å². The maximum absolute atomic E-state index is 9.28. The van der Waals surface area contributed by atoms with Crippen molar-refractivity contribution in [3.63, 3.8) is 0 Å². The average molecular weight is 292 g/mol. The smallest absolute Gasteiger partial charge is 0.129 e. The number of aliphatic hydroxyl groups is 1. The summed E-state index contributed by atoms with van der Waals surface area (Å²) in [6.07, 6.45) is 1.58. The van der Waals surface area contributed by atoms with Gasteiger partial charge in [-0.25, -0.2) is 4.98 Å². The summed E-state index contributed by atoms with van der Waals surface area (Å²) >= 11 is 5.97. The number of aliphatic hydroxyl groups excluding tert-OH is 1. The number of pyridine rings is 2. The van der Waals surface area contributed by atoms with Gasteiger partial charge in [0.1, 0.15) is 5.82 Å². The van der Waals surface area contributed by atoms with Gasteiger partial charge in [-0.15, -0.1) is 0 Å². The molecule has 0 aliphatic heterocycles. The normalized spacial score (nSPS) is 10.6. The second-order valence-corrected chi connectivity index (χ2v) is 4.98. The molecule has 0 fully saturated rings. The maximum atomic E-state index is 9.28. The summed E-state index contributed by atoms with van der Waals surface area (Å²) in [5.41, 5.74) is 2.68. The van der Waals surface area contributed by atoms with E-state index in [1.54, 1.807) is 6.20 Å². The molecule has 0 aromatic carbocycles. The van der Waals surface area contributed by atoms with Crippen molar-refractivity contribution in [1.29, 1.82) is 0 Å². The van der Waals surface area contributed by atoms with Crippen LogP contribution in [0.5, 0.6) is 0 Å². The fourth-order valence-corrected chi connectivity index (χ4v) is 2.16. The molecule has 0 aliphatic rings. The van der Waals surface area contributed by atoms with Crippen LogP contribution in [0, 0.1) is 6.92 Å². The van der Waals surface area contributed by atoms with Gasteiger partial charge in [-0.3, -0.25) is 4.98 Å². The van der Waals surface area contributed by atoms with Crippen LogP contribution >= 0.6 is 11.6 Å². The zero-order valence-electron chi connectivity index (χ0n) is 11.7. The van der Waals surface area contributed by atoms with Crippen LogP contribution in [0.4, 0.5) is 5.82 Å². The van der Waals surface area contributed by atoms with E-state index < -0.39 is 0 Å². The highest BCUT2D eigenvalue weighted by molar-refractivity contribution is 6.31. The van der Waals surface area contributed by atoms with Gasteiger partial charge in [-0.2, -0.15) is 0 Å². The zero-order chi connectivity index (χ0) is 14.5. The predicted octanol–water partition coefficient (Wildman–Crippen LogP) is 2.96. The van der Waals surface area contributed by atoms with Crippen molar-refractivity contribution in [2.45, 2.75) is 27.0 Å². The van der Waals surface area contributed by atoms with Gasteiger partial charge in [-0.05, 0) is 32.0 Å². The Kier molecular flexibility index (Phi) is 4.93. The lowest BCUT2D eigenvalue weighted by atomic mass is 10.2. The van der Waals surface area contributed by atoms with Gasteiger partial charge in [0.15, 0.2) is 0 Å². The minimum absolute atomic E-state index is 0.0887. The summed E-state index contributed by atoms with van der Waals surface area (Å²) in [6, 6.07) is 7.80. The number of hydrogen-bond acceptors (Lipinski definition) is 4. The van der Waals surface area contributed by atoms with Crippen molar-refractivity contribution in [3.05, 3.63) is 52.4 Å². The monoisotopic (exact) mass is 291 g/mol. The first-order chi connectivity index (χ1) is 9.63. The van der Waals surface area contributed by atoms with Crippen molar-refractivity contribution in [2.75, 3.05) is 11.4 Å². The van der Waals surface area contributed by atoms with Crippen molar-refractivity contribution in [2.24, 2.45) is 0 Å². The Bertz CT molecular complexity index is 589. The van der Waals surface area contributed by atoms with E-state index in [1.165, 1.54) is 0 Å². The topological polar surface area (TPSA) is 49.2 Å². The molecule has 4 nitrogen and oxygen atoms in total. The number of nitrogens with zero attached hydrogens (tertiary/aromatic N) is 3. The van der Waals surface area contributed by atoms with Crippen molar-refractivity contribution in [1.82, 2.24) is 9.97 Å². The largest absolute Gasteiger partial charge is 0.392 e. The number of hydrogen-bond donors (Lipinski definition) is 1. The lowest BCUT2D eigenvalue weighted by Crippen LogP contribution is -2.24. The molecular weight excluding hydrogens is 274 g/mol. The Labute approximate surface area is 124 Å². The van der Waals surface area contributed by atoms with Crippen molar-refractivity contribution in [3.8, 4) is 0 Å². The van der Waals surface area contributed by atoms with Crippen LogP contribution in [0.1, 0.15) is 23.9 Å². The molecule has 0 saturated carbocycles. The van der Waals surface area contributed by atoms with E-state index in [1.807, 2.05) is 31.2 Å². The molecule has 2 aromatic heterocycles. The van der Waals surface area contributed by atoms with E-state index in [0.29, 0.717) is 17.1 Å². The quantitative estimate of drug-likeness (QED) is 0.920. The van der Waals surface area contributed by atoms with Gasteiger partial charge < -0.3 is 10.0 Å². The molecule has 106 valence electrons. The van der Waals surface area contributed by atoms with Gasteiger partial charge in [0.2, 0.25) is 0 Å². The molecular formula is C15H18ClN3O. The van der Waals surface area contributed by atoms with Crippen LogP contribution < -0.4 is 4.90 Å². The lowest BCUT2D eigenvalue weighted by Gasteiger charge is -2.22. The predicted molar refractivity (Wildman–Crippen MR) is 80.9 cm³/mol. The first kappa shape index (κ1) is 14.8. The average Bonchev–Trinajstić information content (AvgIpc) is 2.45. The number of anilines is 1. The Morgan fingerprint density at radius 3 is 2.80 bits per heavy atom. The second kappa shape index (κ2) is 6.68. The Morgan fingerprint density at radius 2 is 2.15 bits per heavy atom. The number of rotatable bonds is 5. The first-order valence-electron chi connectivity index (χ1n) is 6.56. The first-order valence-corrected chi connectivity index (χ1v) is 6.94. The standard InChI is InChI=1S/C15H18ClN3O/c1-3-19(9-13-6-4-5-11(2)18-13)15-7-12(10-20)14(16)8-17-15/h4-8,20H,3,9-10H2,1-2H3. The summed E-state index contributed by atoms with van der Waals surface area (Å²) in [5, 5.41) is 9.77. The molecule has 0 radical (unpaired) electrons. The number of aryl methyl sites for hydroxylation is 1. The fraction of sp³-hybridized carbons (Fsp3) is 0.333. The highest BCUT2D eigenvalue weighted by Crippen LogP contribution is 2.21. The minimum atomic E-state index is -0.0887. The molecule has 0 spiro atoms. The molecule has 5 heteroatoms. The Balaban J connectivity index is 2.24. The van der Waals surface area contributed by atoms with E-state index in [-0.39, 0.29) is 6.61 Å². The molecule has 0 amide bonds. The number of aromatic nitrogens is 2. The molecule has 0 atom stereocenters. The fourth-order valence-electron chi connectivity index (χ4n) is 2.00. The third kappa shape index (κ3) is 3.46. The summed E-state index contributed by atoms with van der Waals surface area (Å²) in [6.45, 7) is 5.43. The summed E-state index contributed by atoms with van der Waals surface area (Å²) in [5.74, 6) is 0.796. The molecule has 2 aromatic rings. The minimum Gasteiger partial charge on any atom is -0.392 e. The van der Waals surface area contributed by atoms with E-state index in [9.17, 15) is 5.11 Å². The molecule has 0 aliphatic carbocycles. The maximum Gasteiger partial charge on any atom is 0.129 e. The summed E-state index contributed by atoms with van der Waals surface area (Å²) in [7, 11) is 0. The highest BCUT2D eigenvalue weighted by atomic mass is 35.5. The van der Waals surface area contributed by atoms with E-state index in [4.69, 9.17) is 11.6 Å².